The van der Waals surface area contributed by atoms with E-state index < -0.39 is 10.8 Å². The molecule has 24 heavy (non-hydrogen) atoms. The highest BCUT2D eigenvalue weighted by atomic mass is 16.6. The lowest BCUT2D eigenvalue weighted by Crippen LogP contribution is -2.30. The molecule has 0 radical (unpaired) electrons. The second-order valence-corrected chi connectivity index (χ2v) is 5.47. The number of nitro benzene ring substituents is 1. The molecule has 0 spiro atoms. The number of hydrogen-bond donors (Lipinski definition) is 2. The van der Waals surface area contributed by atoms with Crippen LogP contribution in [0.3, 0.4) is 0 Å². The van der Waals surface area contributed by atoms with Gasteiger partial charge in [0.05, 0.1) is 4.92 Å². The average Bonchev–Trinajstić information content (AvgIpc) is 2.54. The van der Waals surface area contributed by atoms with E-state index in [0.717, 1.165) is 0 Å². The Labute approximate surface area is 138 Å². The topological polar surface area (TPSA) is 101 Å². The number of rotatable bonds is 5. The van der Waals surface area contributed by atoms with Crippen molar-refractivity contribution >= 4 is 23.2 Å². The molecular formula is C17H17N3O4. The predicted molar refractivity (Wildman–Crippen MR) is 90.1 cm³/mol. The second-order valence-electron chi connectivity index (χ2n) is 5.47. The van der Waals surface area contributed by atoms with Gasteiger partial charge in [0, 0.05) is 35.0 Å². The number of nitrogens with one attached hydrogen (secondary N) is 2. The third-order valence-electron chi connectivity index (χ3n) is 3.14. The Kier molecular flexibility index (Phi) is 5.26. The maximum Gasteiger partial charge on any atom is 0.269 e. The van der Waals surface area contributed by atoms with Crippen molar-refractivity contribution in [2.45, 2.75) is 19.9 Å². The molecule has 0 aliphatic rings. The summed E-state index contributed by atoms with van der Waals surface area (Å²) in [5.41, 5.74) is 1.11. The van der Waals surface area contributed by atoms with Crippen molar-refractivity contribution in [1.29, 1.82) is 0 Å². The zero-order valence-electron chi connectivity index (χ0n) is 13.3. The van der Waals surface area contributed by atoms with E-state index in [1.807, 2.05) is 13.8 Å². The molecule has 2 aromatic rings. The highest BCUT2D eigenvalue weighted by molar-refractivity contribution is 6.05. The minimum Gasteiger partial charge on any atom is -0.350 e. The van der Waals surface area contributed by atoms with Crippen molar-refractivity contribution in [3.05, 3.63) is 69.8 Å². The van der Waals surface area contributed by atoms with Crippen LogP contribution in [-0.2, 0) is 0 Å². The molecule has 0 bridgehead atoms. The van der Waals surface area contributed by atoms with Gasteiger partial charge >= 0.3 is 0 Å². The quantitative estimate of drug-likeness (QED) is 0.651. The van der Waals surface area contributed by atoms with Gasteiger partial charge in [-0.05, 0) is 44.2 Å². The van der Waals surface area contributed by atoms with Crippen molar-refractivity contribution in [2.75, 3.05) is 5.32 Å². The van der Waals surface area contributed by atoms with Gasteiger partial charge in [-0.15, -0.1) is 0 Å². The standard InChI is InChI=1S/C17H17N3O4/c1-11(2)18-17(22)13-4-3-5-14(10-13)19-16(21)12-6-8-15(9-7-12)20(23)24/h3-11H,1-2H3,(H,18,22)(H,19,21). The smallest absolute Gasteiger partial charge is 0.269 e. The molecule has 0 aromatic heterocycles. The van der Waals surface area contributed by atoms with E-state index in [0.29, 0.717) is 11.3 Å². The fourth-order valence-corrected chi connectivity index (χ4v) is 2.02. The highest BCUT2D eigenvalue weighted by Crippen LogP contribution is 2.15. The molecule has 124 valence electrons. The Morgan fingerprint density at radius 1 is 1.00 bits per heavy atom. The summed E-state index contributed by atoms with van der Waals surface area (Å²) in [6.45, 7) is 3.72. The molecule has 0 unspecified atom stereocenters. The second kappa shape index (κ2) is 7.36. The van der Waals surface area contributed by atoms with Crippen LogP contribution >= 0.6 is 0 Å². The third kappa shape index (κ3) is 4.39. The molecule has 2 N–H and O–H groups in total. The maximum absolute atomic E-state index is 12.2. The third-order valence-corrected chi connectivity index (χ3v) is 3.14. The number of non-ortho nitro benzene ring substituents is 1. The van der Waals surface area contributed by atoms with Crippen LogP contribution in [0.5, 0.6) is 0 Å². The Balaban J connectivity index is 2.11. The molecule has 2 amide bonds. The Hall–Kier alpha value is -3.22. The number of carbonyl (C=O) groups excluding carboxylic acids is 2. The lowest BCUT2D eigenvalue weighted by atomic mass is 10.1. The molecule has 2 rings (SSSR count). The molecular weight excluding hydrogens is 310 g/mol. The van der Waals surface area contributed by atoms with Crippen molar-refractivity contribution in [3.8, 4) is 0 Å². The molecule has 0 saturated heterocycles. The van der Waals surface area contributed by atoms with Gasteiger partial charge in [0.1, 0.15) is 0 Å². The molecule has 0 aliphatic carbocycles. The molecule has 0 heterocycles. The van der Waals surface area contributed by atoms with Crippen LogP contribution in [0, 0.1) is 10.1 Å². The molecule has 2 aromatic carbocycles. The lowest BCUT2D eigenvalue weighted by Gasteiger charge is -2.10. The van der Waals surface area contributed by atoms with E-state index in [4.69, 9.17) is 0 Å². The van der Waals surface area contributed by atoms with Crippen LogP contribution in [0.25, 0.3) is 0 Å². The normalized spacial score (nSPS) is 10.3. The number of anilines is 1. The van der Waals surface area contributed by atoms with E-state index in [-0.39, 0.29) is 23.2 Å². The Morgan fingerprint density at radius 3 is 2.25 bits per heavy atom. The number of carbonyl (C=O) groups is 2. The van der Waals surface area contributed by atoms with Gasteiger partial charge in [-0.1, -0.05) is 6.07 Å². The fourth-order valence-electron chi connectivity index (χ4n) is 2.02. The van der Waals surface area contributed by atoms with E-state index in [1.165, 1.54) is 24.3 Å². The maximum atomic E-state index is 12.2. The minimum atomic E-state index is -0.529. The minimum absolute atomic E-state index is 0.0101. The van der Waals surface area contributed by atoms with Crippen LogP contribution in [0.15, 0.2) is 48.5 Å². The van der Waals surface area contributed by atoms with Crippen LogP contribution in [0.2, 0.25) is 0 Å². The summed E-state index contributed by atoms with van der Waals surface area (Å²) in [5, 5.41) is 16.1. The van der Waals surface area contributed by atoms with Crippen molar-refractivity contribution in [2.24, 2.45) is 0 Å². The zero-order chi connectivity index (χ0) is 17.7. The number of hydrogen-bond acceptors (Lipinski definition) is 4. The van der Waals surface area contributed by atoms with Gasteiger partial charge in [0.15, 0.2) is 0 Å². The average molecular weight is 327 g/mol. The monoisotopic (exact) mass is 327 g/mol. The van der Waals surface area contributed by atoms with Crippen molar-refractivity contribution in [1.82, 2.24) is 5.32 Å². The molecule has 0 saturated carbocycles. The number of amides is 2. The molecule has 7 nitrogen and oxygen atoms in total. The fraction of sp³-hybridized carbons (Fsp3) is 0.176. The summed E-state index contributed by atoms with van der Waals surface area (Å²) < 4.78 is 0. The van der Waals surface area contributed by atoms with Crippen LogP contribution in [-0.4, -0.2) is 22.8 Å². The Morgan fingerprint density at radius 2 is 1.67 bits per heavy atom. The van der Waals surface area contributed by atoms with Gasteiger partial charge in [-0.2, -0.15) is 0 Å². The van der Waals surface area contributed by atoms with E-state index in [9.17, 15) is 19.7 Å². The first kappa shape index (κ1) is 17.1. The first-order valence-corrected chi connectivity index (χ1v) is 7.33. The van der Waals surface area contributed by atoms with E-state index in [2.05, 4.69) is 10.6 Å². The summed E-state index contributed by atoms with van der Waals surface area (Å²) in [4.78, 5) is 34.2. The van der Waals surface area contributed by atoms with Crippen LogP contribution < -0.4 is 10.6 Å². The first-order valence-electron chi connectivity index (χ1n) is 7.33. The van der Waals surface area contributed by atoms with Crippen molar-refractivity contribution in [3.63, 3.8) is 0 Å². The van der Waals surface area contributed by atoms with Crippen molar-refractivity contribution < 1.29 is 14.5 Å². The summed E-state index contributed by atoms with van der Waals surface area (Å²) >= 11 is 0. The van der Waals surface area contributed by atoms with Gasteiger partial charge in [0.25, 0.3) is 17.5 Å². The summed E-state index contributed by atoms with van der Waals surface area (Å²) in [6, 6.07) is 11.8. The number of nitrogens with zero attached hydrogens (tertiary/aromatic N) is 1. The van der Waals surface area contributed by atoms with E-state index in [1.54, 1.807) is 24.3 Å². The molecule has 0 atom stereocenters. The summed E-state index contributed by atoms with van der Waals surface area (Å²) in [6.07, 6.45) is 0. The molecule has 7 heteroatoms. The zero-order valence-corrected chi connectivity index (χ0v) is 13.3. The SMILES string of the molecule is CC(C)NC(=O)c1cccc(NC(=O)c2ccc([N+](=O)[O-])cc2)c1. The predicted octanol–water partition coefficient (Wildman–Crippen LogP) is 2.99. The highest BCUT2D eigenvalue weighted by Gasteiger charge is 2.11. The van der Waals surface area contributed by atoms with Gasteiger partial charge in [-0.25, -0.2) is 0 Å². The van der Waals surface area contributed by atoms with E-state index >= 15 is 0 Å². The summed E-state index contributed by atoms with van der Waals surface area (Å²) in [7, 11) is 0. The summed E-state index contributed by atoms with van der Waals surface area (Å²) in [5.74, 6) is -0.636. The number of nitro groups is 1. The lowest BCUT2D eigenvalue weighted by molar-refractivity contribution is -0.384. The Bertz CT molecular complexity index is 770. The largest absolute Gasteiger partial charge is 0.350 e. The first-order chi connectivity index (χ1) is 11.4. The number of benzene rings is 2. The molecule has 0 aliphatic heterocycles. The van der Waals surface area contributed by atoms with Gasteiger partial charge in [-0.3, -0.25) is 19.7 Å². The van der Waals surface area contributed by atoms with Gasteiger partial charge in [0.2, 0.25) is 0 Å². The molecule has 0 fully saturated rings. The van der Waals surface area contributed by atoms with Crippen LogP contribution in [0.1, 0.15) is 34.6 Å². The van der Waals surface area contributed by atoms with Gasteiger partial charge < -0.3 is 10.6 Å². The van der Waals surface area contributed by atoms with Crippen LogP contribution in [0.4, 0.5) is 11.4 Å².